The van der Waals surface area contributed by atoms with E-state index in [1.807, 2.05) is 30.3 Å². The maximum atomic E-state index is 12.5. The number of nitrogens with zero attached hydrogens (tertiary/aromatic N) is 1. The van der Waals surface area contributed by atoms with Crippen molar-refractivity contribution in [3.05, 3.63) is 95.6 Å². The highest BCUT2D eigenvalue weighted by atomic mass is 32.2. The summed E-state index contributed by atoms with van der Waals surface area (Å²) in [6.07, 6.45) is 2.13. The lowest BCUT2D eigenvalue weighted by Gasteiger charge is -2.22. The molecule has 6 heteroatoms. The summed E-state index contributed by atoms with van der Waals surface area (Å²) in [5.74, 6) is -0.205. The van der Waals surface area contributed by atoms with Gasteiger partial charge >= 0.3 is 0 Å². The fourth-order valence-corrected chi connectivity index (χ4v) is 3.84. The first-order chi connectivity index (χ1) is 13.9. The van der Waals surface area contributed by atoms with Crippen LogP contribution in [0.2, 0.25) is 0 Å². The van der Waals surface area contributed by atoms with Crippen LogP contribution in [-0.2, 0) is 23.0 Å². The number of para-hydroxylation sites is 1. The molecule has 0 spiro atoms. The van der Waals surface area contributed by atoms with Crippen molar-refractivity contribution in [3.8, 4) is 0 Å². The van der Waals surface area contributed by atoms with Crippen LogP contribution < -0.4 is 9.62 Å². The van der Waals surface area contributed by atoms with E-state index in [0.29, 0.717) is 11.3 Å². The molecule has 0 atom stereocenters. The van der Waals surface area contributed by atoms with Gasteiger partial charge in [-0.3, -0.25) is 9.10 Å². The number of carbonyl (C=O) groups is 1. The van der Waals surface area contributed by atoms with E-state index in [0.717, 1.165) is 17.7 Å². The van der Waals surface area contributed by atoms with Gasteiger partial charge in [0.25, 0.3) is 5.91 Å². The highest BCUT2D eigenvalue weighted by molar-refractivity contribution is 7.92. The molecule has 0 aromatic heterocycles. The van der Waals surface area contributed by atoms with Crippen molar-refractivity contribution in [2.75, 3.05) is 15.9 Å². The second kappa shape index (κ2) is 8.92. The monoisotopic (exact) mass is 408 g/mol. The van der Waals surface area contributed by atoms with E-state index in [1.165, 1.54) is 16.1 Å². The number of hydrogen-bond donors (Lipinski definition) is 1. The van der Waals surface area contributed by atoms with Gasteiger partial charge in [-0.05, 0) is 53.9 Å². The highest BCUT2D eigenvalue weighted by Gasteiger charge is 2.17. The van der Waals surface area contributed by atoms with Crippen LogP contribution in [0.3, 0.4) is 0 Å². The lowest BCUT2D eigenvalue weighted by atomic mass is 10.1. The molecule has 0 aliphatic rings. The molecule has 0 heterocycles. The number of nitrogens with one attached hydrogen (secondary N) is 1. The van der Waals surface area contributed by atoms with E-state index >= 15 is 0 Å². The van der Waals surface area contributed by atoms with Crippen molar-refractivity contribution in [3.63, 3.8) is 0 Å². The molecule has 0 saturated heterocycles. The Kier molecular flexibility index (Phi) is 6.34. The molecule has 0 fully saturated rings. The second-order valence-electron chi connectivity index (χ2n) is 6.81. The molecule has 0 radical (unpaired) electrons. The van der Waals surface area contributed by atoms with Crippen molar-refractivity contribution >= 4 is 27.3 Å². The van der Waals surface area contributed by atoms with E-state index in [4.69, 9.17) is 0 Å². The van der Waals surface area contributed by atoms with Crippen LogP contribution in [0.1, 0.15) is 28.4 Å². The fourth-order valence-electron chi connectivity index (χ4n) is 2.95. The predicted molar refractivity (Wildman–Crippen MR) is 118 cm³/mol. The highest BCUT2D eigenvalue weighted by Crippen LogP contribution is 2.20. The maximum Gasteiger partial charge on any atom is 0.255 e. The van der Waals surface area contributed by atoms with Crippen molar-refractivity contribution in [2.24, 2.45) is 0 Å². The van der Waals surface area contributed by atoms with Gasteiger partial charge in [0, 0.05) is 11.3 Å². The summed E-state index contributed by atoms with van der Waals surface area (Å²) in [4.78, 5) is 12.5. The Morgan fingerprint density at radius 2 is 1.45 bits per heavy atom. The lowest BCUT2D eigenvalue weighted by Crippen LogP contribution is -2.29. The Labute approximate surface area is 172 Å². The second-order valence-corrected chi connectivity index (χ2v) is 8.71. The van der Waals surface area contributed by atoms with Crippen molar-refractivity contribution < 1.29 is 13.2 Å². The number of amides is 1. The Bertz CT molecular complexity index is 1060. The molecule has 3 aromatic rings. The third kappa shape index (κ3) is 5.45. The Morgan fingerprint density at radius 3 is 2.00 bits per heavy atom. The third-order valence-corrected chi connectivity index (χ3v) is 5.75. The standard InChI is InChI=1S/C23H24N2O3S/c1-3-18-11-15-21(16-12-18)24-23(26)20-13-9-19(10-14-20)17-25(29(2,27)28)22-7-5-4-6-8-22/h4-16H,3,17H2,1-2H3,(H,24,26). The Morgan fingerprint density at radius 1 is 0.862 bits per heavy atom. The average molecular weight is 409 g/mol. The summed E-state index contributed by atoms with van der Waals surface area (Å²) in [5, 5.41) is 2.87. The van der Waals surface area contributed by atoms with Gasteiger partial charge in [-0.15, -0.1) is 0 Å². The molecule has 0 aliphatic carbocycles. The summed E-state index contributed by atoms with van der Waals surface area (Å²) < 4.78 is 25.8. The number of sulfonamides is 1. The minimum Gasteiger partial charge on any atom is -0.322 e. The fraction of sp³-hybridized carbons (Fsp3) is 0.174. The van der Waals surface area contributed by atoms with Gasteiger partial charge in [0.2, 0.25) is 10.0 Å². The van der Waals surface area contributed by atoms with Crippen molar-refractivity contribution in [2.45, 2.75) is 19.9 Å². The van der Waals surface area contributed by atoms with E-state index in [1.54, 1.807) is 48.5 Å². The van der Waals surface area contributed by atoms with E-state index in [-0.39, 0.29) is 12.5 Å². The molecular formula is C23H24N2O3S. The number of hydrogen-bond acceptors (Lipinski definition) is 3. The van der Waals surface area contributed by atoms with Crippen LogP contribution >= 0.6 is 0 Å². The Hall–Kier alpha value is -3.12. The first-order valence-corrected chi connectivity index (χ1v) is 11.2. The topological polar surface area (TPSA) is 66.5 Å². The first-order valence-electron chi connectivity index (χ1n) is 9.39. The molecule has 1 amide bonds. The largest absolute Gasteiger partial charge is 0.322 e. The molecular weight excluding hydrogens is 384 g/mol. The number of rotatable bonds is 7. The van der Waals surface area contributed by atoms with Gasteiger partial charge in [-0.25, -0.2) is 8.42 Å². The molecule has 3 aromatic carbocycles. The quantitative estimate of drug-likeness (QED) is 0.627. The van der Waals surface area contributed by atoms with Gasteiger partial charge < -0.3 is 5.32 Å². The Balaban J connectivity index is 1.72. The summed E-state index contributed by atoms with van der Waals surface area (Å²) in [6.45, 7) is 2.28. The van der Waals surface area contributed by atoms with Crippen molar-refractivity contribution in [1.29, 1.82) is 0 Å². The zero-order chi connectivity index (χ0) is 20.9. The van der Waals surface area contributed by atoms with Crippen LogP contribution in [0.25, 0.3) is 0 Å². The van der Waals surface area contributed by atoms with Gasteiger partial charge in [-0.1, -0.05) is 49.4 Å². The number of aryl methyl sites for hydroxylation is 1. The van der Waals surface area contributed by atoms with Crippen LogP contribution in [0.15, 0.2) is 78.9 Å². The first kappa shape index (κ1) is 20.6. The SMILES string of the molecule is CCc1ccc(NC(=O)c2ccc(CN(c3ccccc3)S(C)(=O)=O)cc2)cc1. The molecule has 1 N–H and O–H groups in total. The predicted octanol–water partition coefficient (Wildman–Crippen LogP) is 4.47. The minimum absolute atomic E-state index is 0.198. The van der Waals surface area contributed by atoms with E-state index in [2.05, 4.69) is 12.2 Å². The van der Waals surface area contributed by atoms with Gasteiger partial charge in [0.1, 0.15) is 0 Å². The number of anilines is 2. The molecule has 0 aliphatic heterocycles. The number of benzene rings is 3. The van der Waals surface area contributed by atoms with Gasteiger partial charge in [0.15, 0.2) is 0 Å². The van der Waals surface area contributed by atoms with E-state index < -0.39 is 10.0 Å². The van der Waals surface area contributed by atoms with Crippen LogP contribution in [-0.4, -0.2) is 20.6 Å². The summed E-state index contributed by atoms with van der Waals surface area (Å²) in [5.41, 5.74) is 3.86. The van der Waals surface area contributed by atoms with Gasteiger partial charge in [0.05, 0.1) is 18.5 Å². The molecule has 150 valence electrons. The molecule has 3 rings (SSSR count). The zero-order valence-corrected chi connectivity index (χ0v) is 17.3. The van der Waals surface area contributed by atoms with Crippen LogP contribution in [0, 0.1) is 0 Å². The molecule has 29 heavy (non-hydrogen) atoms. The normalized spacial score (nSPS) is 11.1. The summed E-state index contributed by atoms with van der Waals surface area (Å²) in [7, 11) is -3.44. The van der Waals surface area contributed by atoms with Crippen LogP contribution in [0.4, 0.5) is 11.4 Å². The molecule has 5 nitrogen and oxygen atoms in total. The minimum atomic E-state index is -3.44. The molecule has 0 bridgehead atoms. The molecule has 0 unspecified atom stereocenters. The van der Waals surface area contributed by atoms with Crippen LogP contribution in [0.5, 0.6) is 0 Å². The summed E-state index contributed by atoms with van der Waals surface area (Å²) >= 11 is 0. The van der Waals surface area contributed by atoms with E-state index in [9.17, 15) is 13.2 Å². The zero-order valence-electron chi connectivity index (χ0n) is 16.5. The number of carbonyl (C=O) groups excluding carboxylic acids is 1. The lowest BCUT2D eigenvalue weighted by molar-refractivity contribution is 0.102. The third-order valence-electron chi connectivity index (χ3n) is 4.61. The van der Waals surface area contributed by atoms with Gasteiger partial charge in [-0.2, -0.15) is 0 Å². The molecule has 0 saturated carbocycles. The smallest absolute Gasteiger partial charge is 0.255 e. The van der Waals surface area contributed by atoms with Crippen molar-refractivity contribution in [1.82, 2.24) is 0 Å². The summed E-state index contributed by atoms with van der Waals surface area (Å²) in [6, 6.07) is 23.7. The maximum absolute atomic E-state index is 12.5. The average Bonchev–Trinajstić information content (AvgIpc) is 2.73.